The van der Waals surface area contributed by atoms with E-state index in [2.05, 4.69) is 20.0 Å². The van der Waals surface area contributed by atoms with E-state index in [1.165, 1.54) is 0 Å². The van der Waals surface area contributed by atoms with Gasteiger partial charge in [0.15, 0.2) is 5.82 Å². The van der Waals surface area contributed by atoms with E-state index in [1.54, 1.807) is 42.1 Å². The molecule has 0 unspecified atom stereocenters. The van der Waals surface area contributed by atoms with Crippen molar-refractivity contribution in [2.45, 2.75) is 70.4 Å². The molecule has 3 aliphatic heterocycles. The summed E-state index contributed by atoms with van der Waals surface area (Å²) in [4.78, 5) is 31.3. The average Bonchev–Trinajstić information content (AvgIpc) is 3.66. The topological polar surface area (TPSA) is 118 Å². The van der Waals surface area contributed by atoms with E-state index in [0.29, 0.717) is 63.2 Å². The Morgan fingerprint density at radius 1 is 1.09 bits per heavy atom. The second-order valence-corrected chi connectivity index (χ2v) is 12.3. The highest BCUT2D eigenvalue weighted by molar-refractivity contribution is 5.78. The molecule has 11 nitrogen and oxygen atoms in total. The predicted molar refractivity (Wildman–Crippen MR) is 167 cm³/mol. The quantitative estimate of drug-likeness (QED) is 0.362. The van der Waals surface area contributed by atoms with Crippen molar-refractivity contribution in [3.05, 3.63) is 46.9 Å². The molecule has 1 fully saturated rings. The highest BCUT2D eigenvalue weighted by Gasteiger charge is 2.35. The third-order valence-corrected chi connectivity index (χ3v) is 9.45. The maximum absolute atomic E-state index is 14.5. The van der Waals surface area contributed by atoms with Crippen molar-refractivity contribution in [1.82, 2.24) is 34.7 Å². The number of piperidine rings is 1. The van der Waals surface area contributed by atoms with Gasteiger partial charge in [0.05, 0.1) is 18.8 Å². The number of amides is 3. The van der Waals surface area contributed by atoms with Gasteiger partial charge in [0.1, 0.15) is 0 Å². The molecule has 3 amide bonds. The number of carbonyl (C=O) groups excluding carboxylic acids is 2. The molecule has 6 rings (SSSR count). The van der Waals surface area contributed by atoms with Gasteiger partial charge in [-0.25, -0.2) is 13.6 Å². The lowest BCUT2D eigenvalue weighted by molar-refractivity contribution is -0.132. The van der Waals surface area contributed by atoms with Gasteiger partial charge < -0.3 is 25.8 Å². The molecule has 5 heterocycles. The molecule has 3 aliphatic rings. The molecule has 0 atom stereocenters. The minimum Gasteiger partial charge on any atom is -0.343 e. The summed E-state index contributed by atoms with van der Waals surface area (Å²) in [6, 6.07) is 3.48. The van der Waals surface area contributed by atoms with Gasteiger partial charge in [0, 0.05) is 87.4 Å². The number of rotatable bonds is 8. The number of carbonyl (C=O) groups is 2. The Hall–Kier alpha value is -4.00. The van der Waals surface area contributed by atoms with Crippen molar-refractivity contribution in [2.24, 2.45) is 12.8 Å². The maximum Gasteiger partial charge on any atom is 0.317 e. The molecular formula is C32H43F2N9O2. The lowest BCUT2D eigenvalue weighted by Gasteiger charge is -2.34. The summed E-state index contributed by atoms with van der Waals surface area (Å²) in [6.45, 7) is 3.53. The van der Waals surface area contributed by atoms with Crippen LogP contribution in [0.1, 0.15) is 73.4 Å². The van der Waals surface area contributed by atoms with Crippen LogP contribution in [-0.2, 0) is 31.2 Å². The third-order valence-electron chi connectivity index (χ3n) is 9.45. The van der Waals surface area contributed by atoms with E-state index in [9.17, 15) is 18.4 Å². The zero-order chi connectivity index (χ0) is 31.7. The lowest BCUT2D eigenvalue weighted by Crippen LogP contribution is -2.42. The number of halogens is 2. The smallest absolute Gasteiger partial charge is 0.317 e. The van der Waals surface area contributed by atoms with Gasteiger partial charge in [0.2, 0.25) is 5.91 Å². The van der Waals surface area contributed by atoms with Crippen molar-refractivity contribution in [3.8, 4) is 11.1 Å². The minimum absolute atomic E-state index is 0.0301. The first-order valence-corrected chi connectivity index (χ1v) is 16.0. The van der Waals surface area contributed by atoms with E-state index in [-0.39, 0.29) is 23.5 Å². The van der Waals surface area contributed by atoms with Gasteiger partial charge in [-0.15, -0.1) is 0 Å². The highest BCUT2D eigenvalue weighted by atomic mass is 19.3. The lowest BCUT2D eigenvalue weighted by atomic mass is 9.92. The third kappa shape index (κ3) is 6.14. The molecule has 0 saturated carbocycles. The summed E-state index contributed by atoms with van der Waals surface area (Å²) in [5, 5.41) is 12.2. The SMILES string of the molecule is CNC(=O)N1CCc2c(c(N3CCCc4cc(-c5cnn(C)c5)c(C(F)F)cc43)nn2C2CCN(C(=O)CCCCN)CC2)C1. The summed E-state index contributed by atoms with van der Waals surface area (Å²) in [5.74, 6) is 0.908. The number of nitrogens with one attached hydrogen (secondary N) is 1. The average molecular weight is 624 g/mol. The largest absolute Gasteiger partial charge is 0.343 e. The van der Waals surface area contributed by atoms with Crippen LogP contribution in [0.25, 0.3) is 11.1 Å². The summed E-state index contributed by atoms with van der Waals surface area (Å²) >= 11 is 0. The normalized spacial score (nSPS) is 17.1. The number of hydrogen-bond donors (Lipinski definition) is 2. The molecule has 0 aliphatic carbocycles. The number of urea groups is 1. The van der Waals surface area contributed by atoms with Crippen LogP contribution in [0.15, 0.2) is 24.5 Å². The Labute approximate surface area is 262 Å². The summed E-state index contributed by atoms with van der Waals surface area (Å²) in [5.41, 5.74) is 10.5. The molecule has 0 radical (unpaired) electrons. The van der Waals surface area contributed by atoms with Gasteiger partial charge in [-0.2, -0.15) is 10.2 Å². The van der Waals surface area contributed by atoms with Crippen LogP contribution in [-0.4, -0.2) is 81.1 Å². The Kier molecular flexibility index (Phi) is 9.06. The highest BCUT2D eigenvalue weighted by Crippen LogP contribution is 2.43. The van der Waals surface area contributed by atoms with Crippen LogP contribution in [0, 0.1) is 0 Å². The Morgan fingerprint density at radius 3 is 2.58 bits per heavy atom. The number of benzene rings is 1. The Bertz CT molecular complexity index is 1540. The zero-order valence-electron chi connectivity index (χ0n) is 26.1. The summed E-state index contributed by atoms with van der Waals surface area (Å²) in [6.07, 6.45) is 6.75. The molecule has 0 bridgehead atoms. The van der Waals surface area contributed by atoms with Crippen LogP contribution >= 0.6 is 0 Å². The number of anilines is 2. The first kappa shape index (κ1) is 31.0. The zero-order valence-corrected chi connectivity index (χ0v) is 26.1. The molecule has 0 spiro atoms. The number of aromatic nitrogens is 4. The van der Waals surface area contributed by atoms with E-state index < -0.39 is 6.43 Å². The van der Waals surface area contributed by atoms with Crippen LogP contribution in [0.3, 0.4) is 0 Å². The fraction of sp³-hybridized carbons (Fsp3) is 0.562. The second kappa shape index (κ2) is 13.2. The van der Waals surface area contributed by atoms with Crippen molar-refractivity contribution in [2.75, 3.05) is 44.7 Å². The van der Waals surface area contributed by atoms with Crippen LogP contribution in [0.5, 0.6) is 0 Å². The van der Waals surface area contributed by atoms with E-state index in [4.69, 9.17) is 10.8 Å². The number of fused-ring (bicyclic) bond motifs is 2. The summed E-state index contributed by atoms with van der Waals surface area (Å²) < 4.78 is 32.8. The molecule has 242 valence electrons. The summed E-state index contributed by atoms with van der Waals surface area (Å²) in [7, 11) is 3.40. The number of hydrogen-bond acceptors (Lipinski definition) is 6. The molecule has 1 aromatic carbocycles. The van der Waals surface area contributed by atoms with Crippen molar-refractivity contribution >= 4 is 23.4 Å². The van der Waals surface area contributed by atoms with Crippen molar-refractivity contribution in [1.29, 1.82) is 0 Å². The van der Waals surface area contributed by atoms with Gasteiger partial charge in [-0.05, 0) is 68.3 Å². The molecular weight excluding hydrogens is 580 g/mol. The van der Waals surface area contributed by atoms with Crippen LogP contribution < -0.4 is 16.0 Å². The first-order chi connectivity index (χ1) is 21.8. The first-order valence-electron chi connectivity index (χ1n) is 16.0. The van der Waals surface area contributed by atoms with E-state index >= 15 is 0 Å². The van der Waals surface area contributed by atoms with Crippen LogP contribution in [0.2, 0.25) is 0 Å². The number of alkyl halides is 2. The van der Waals surface area contributed by atoms with Gasteiger partial charge in [-0.1, -0.05) is 0 Å². The second-order valence-electron chi connectivity index (χ2n) is 12.3. The number of nitrogens with two attached hydrogens (primary N) is 1. The van der Waals surface area contributed by atoms with Gasteiger partial charge >= 0.3 is 6.03 Å². The molecule has 3 N–H and O–H groups in total. The molecule has 3 aromatic rings. The number of likely N-dealkylation sites (tertiary alicyclic amines) is 1. The van der Waals surface area contributed by atoms with Gasteiger partial charge in [-0.3, -0.25) is 14.2 Å². The fourth-order valence-electron chi connectivity index (χ4n) is 7.08. The van der Waals surface area contributed by atoms with Crippen LogP contribution in [0.4, 0.5) is 25.1 Å². The van der Waals surface area contributed by atoms with Crippen molar-refractivity contribution < 1.29 is 18.4 Å². The van der Waals surface area contributed by atoms with E-state index in [0.717, 1.165) is 66.9 Å². The Balaban J connectivity index is 1.35. The van der Waals surface area contributed by atoms with E-state index in [1.807, 2.05) is 11.0 Å². The molecule has 2 aromatic heterocycles. The Morgan fingerprint density at radius 2 is 1.89 bits per heavy atom. The van der Waals surface area contributed by atoms with Crippen molar-refractivity contribution in [3.63, 3.8) is 0 Å². The standard InChI is InChI=1S/C32H43F2N9O2/c1-36-32(45)41-15-10-27-26(20-41)31(38-43(27)23-8-13-40(14-9-23)29(44)7-3-4-11-35)42-12-5-6-21-16-24(22-18-37-39(2)19-22)25(30(33)34)17-28(21)42/h16-19,23,30H,3-15,20,35H2,1-2H3,(H,36,45). The monoisotopic (exact) mass is 623 g/mol. The molecule has 45 heavy (non-hydrogen) atoms. The predicted octanol–water partition coefficient (Wildman–Crippen LogP) is 4.30. The molecule has 1 saturated heterocycles. The number of aryl methyl sites for hydroxylation is 2. The minimum atomic E-state index is -2.66. The van der Waals surface area contributed by atoms with Gasteiger partial charge in [0.25, 0.3) is 6.43 Å². The fourth-order valence-corrected chi connectivity index (χ4v) is 7.08. The maximum atomic E-state index is 14.5. The number of nitrogens with zero attached hydrogens (tertiary/aromatic N) is 7. The molecule has 13 heteroatoms. The number of unbranched alkanes of at least 4 members (excludes halogenated alkanes) is 1.